The molecule has 4 nitrogen and oxygen atoms in total. The predicted molar refractivity (Wildman–Crippen MR) is 83.0 cm³/mol. The summed E-state index contributed by atoms with van der Waals surface area (Å²) in [7, 11) is -4.01. The van der Waals surface area contributed by atoms with Crippen LogP contribution in [0.2, 0.25) is 0 Å². The van der Waals surface area contributed by atoms with E-state index in [1.54, 1.807) is 0 Å². The van der Waals surface area contributed by atoms with Gasteiger partial charge in [-0.25, -0.2) is 21.9 Å². The molecule has 0 saturated carbocycles. The molecule has 0 spiro atoms. The van der Waals surface area contributed by atoms with Gasteiger partial charge in [-0.2, -0.15) is 11.8 Å². The Balaban J connectivity index is 2.01. The first-order valence-electron chi connectivity index (χ1n) is 6.34. The predicted octanol–water partition coefficient (Wildman–Crippen LogP) is 2.05. The van der Waals surface area contributed by atoms with Gasteiger partial charge < -0.3 is 4.90 Å². The third-order valence-electron chi connectivity index (χ3n) is 3.06. The molecule has 1 aromatic carbocycles. The van der Waals surface area contributed by atoms with Crippen molar-refractivity contribution in [2.75, 3.05) is 37.7 Å². The summed E-state index contributed by atoms with van der Waals surface area (Å²) < 4.78 is 53.1. The summed E-state index contributed by atoms with van der Waals surface area (Å²) in [4.78, 5) is 1.59. The van der Waals surface area contributed by atoms with E-state index in [4.69, 9.17) is 0 Å². The highest BCUT2D eigenvalue weighted by Gasteiger charge is 2.23. The number of sulfonamides is 1. The molecule has 0 bridgehead atoms. The van der Waals surface area contributed by atoms with Crippen LogP contribution in [0.3, 0.4) is 0 Å². The first-order chi connectivity index (χ1) is 9.90. The van der Waals surface area contributed by atoms with Gasteiger partial charge in [-0.3, -0.25) is 0 Å². The lowest BCUT2D eigenvalue weighted by molar-refractivity contribution is 0.307. The standard InChI is InChI=1S/C12H15BrF2N2O2S2/c13-10-7-9(14)8-11(15)12(10)21(18,19)16-1-2-17-3-5-20-6-4-17/h7-8,16H,1-6H2. The minimum atomic E-state index is -4.01. The van der Waals surface area contributed by atoms with Crippen LogP contribution >= 0.6 is 27.7 Å². The topological polar surface area (TPSA) is 49.4 Å². The first kappa shape index (κ1) is 17.1. The molecule has 2 rings (SSSR count). The average molecular weight is 401 g/mol. The third-order valence-corrected chi connectivity index (χ3v) is 6.42. The van der Waals surface area contributed by atoms with Crippen LogP contribution in [0.5, 0.6) is 0 Å². The second-order valence-electron chi connectivity index (χ2n) is 4.55. The van der Waals surface area contributed by atoms with E-state index in [2.05, 4.69) is 25.6 Å². The number of benzene rings is 1. The number of hydrogen-bond donors (Lipinski definition) is 1. The largest absolute Gasteiger partial charge is 0.300 e. The van der Waals surface area contributed by atoms with Gasteiger partial charge in [0.15, 0.2) is 0 Å². The van der Waals surface area contributed by atoms with E-state index in [0.29, 0.717) is 12.6 Å². The highest BCUT2D eigenvalue weighted by atomic mass is 79.9. The first-order valence-corrected chi connectivity index (χ1v) is 9.77. The molecule has 1 aliphatic rings. The smallest absolute Gasteiger partial charge is 0.244 e. The van der Waals surface area contributed by atoms with Crippen molar-refractivity contribution in [3.63, 3.8) is 0 Å². The van der Waals surface area contributed by atoms with Crippen molar-refractivity contribution in [2.24, 2.45) is 0 Å². The van der Waals surface area contributed by atoms with E-state index in [1.807, 2.05) is 11.8 Å². The molecule has 0 atom stereocenters. The average Bonchev–Trinajstić information content (AvgIpc) is 2.38. The fraction of sp³-hybridized carbons (Fsp3) is 0.500. The van der Waals surface area contributed by atoms with Gasteiger partial charge in [0.25, 0.3) is 0 Å². The van der Waals surface area contributed by atoms with E-state index >= 15 is 0 Å². The van der Waals surface area contributed by atoms with Crippen LogP contribution in [0.4, 0.5) is 8.78 Å². The van der Waals surface area contributed by atoms with Gasteiger partial charge in [0, 0.05) is 48.2 Å². The summed E-state index contributed by atoms with van der Waals surface area (Å²) >= 11 is 4.76. The molecular weight excluding hydrogens is 386 g/mol. The van der Waals surface area contributed by atoms with Crippen molar-refractivity contribution in [1.82, 2.24) is 9.62 Å². The summed E-state index contributed by atoms with van der Waals surface area (Å²) in [6, 6.07) is 1.49. The van der Waals surface area contributed by atoms with Gasteiger partial charge in [0.05, 0.1) is 0 Å². The lowest BCUT2D eigenvalue weighted by Gasteiger charge is -2.26. The molecule has 0 amide bonds. The summed E-state index contributed by atoms with van der Waals surface area (Å²) in [6.07, 6.45) is 0. The van der Waals surface area contributed by atoms with Crippen molar-refractivity contribution in [2.45, 2.75) is 4.90 Å². The van der Waals surface area contributed by atoms with Crippen LogP contribution in [0.25, 0.3) is 0 Å². The molecular formula is C12H15BrF2N2O2S2. The second-order valence-corrected chi connectivity index (χ2v) is 8.33. The van der Waals surface area contributed by atoms with Crippen LogP contribution in [0.1, 0.15) is 0 Å². The zero-order chi connectivity index (χ0) is 15.5. The second kappa shape index (κ2) is 7.36. The van der Waals surface area contributed by atoms with Crippen LogP contribution in [-0.2, 0) is 10.0 Å². The van der Waals surface area contributed by atoms with E-state index in [9.17, 15) is 17.2 Å². The Hall–Kier alpha value is -0.220. The number of nitrogens with zero attached hydrogens (tertiary/aromatic N) is 1. The summed E-state index contributed by atoms with van der Waals surface area (Å²) in [6.45, 7) is 2.60. The molecule has 118 valence electrons. The molecule has 1 fully saturated rings. The van der Waals surface area contributed by atoms with Gasteiger partial charge in [0.1, 0.15) is 16.5 Å². The maximum Gasteiger partial charge on any atom is 0.244 e. The zero-order valence-corrected chi connectivity index (χ0v) is 14.3. The molecule has 1 heterocycles. The van der Waals surface area contributed by atoms with Crippen molar-refractivity contribution >= 4 is 37.7 Å². The van der Waals surface area contributed by atoms with E-state index < -0.39 is 26.6 Å². The SMILES string of the molecule is O=S(=O)(NCCN1CCSCC1)c1c(F)cc(F)cc1Br. The molecule has 1 saturated heterocycles. The Morgan fingerprint density at radius 1 is 1.29 bits per heavy atom. The summed E-state index contributed by atoms with van der Waals surface area (Å²) in [5.74, 6) is 0.128. The molecule has 9 heteroatoms. The Morgan fingerprint density at radius 3 is 2.57 bits per heavy atom. The fourth-order valence-corrected chi connectivity index (χ4v) is 5.18. The zero-order valence-electron chi connectivity index (χ0n) is 11.1. The van der Waals surface area contributed by atoms with Crippen molar-refractivity contribution in [3.05, 3.63) is 28.2 Å². The Bertz CT molecular complexity index is 584. The van der Waals surface area contributed by atoms with Crippen molar-refractivity contribution in [3.8, 4) is 0 Å². The molecule has 0 radical (unpaired) electrons. The molecule has 0 unspecified atom stereocenters. The van der Waals surface area contributed by atoms with Crippen LogP contribution in [0.15, 0.2) is 21.5 Å². The molecule has 1 aromatic rings. The van der Waals surface area contributed by atoms with Gasteiger partial charge >= 0.3 is 0 Å². The van der Waals surface area contributed by atoms with Crippen LogP contribution in [0, 0.1) is 11.6 Å². The normalized spacial score (nSPS) is 17.1. The van der Waals surface area contributed by atoms with Gasteiger partial charge in [-0.05, 0) is 22.0 Å². The number of thioether (sulfide) groups is 1. The Kier molecular flexibility index (Phi) is 6.01. The van der Waals surface area contributed by atoms with Crippen LogP contribution in [-0.4, -0.2) is 51.0 Å². The van der Waals surface area contributed by atoms with Gasteiger partial charge in [0.2, 0.25) is 10.0 Å². The van der Waals surface area contributed by atoms with E-state index in [0.717, 1.165) is 30.7 Å². The minimum absolute atomic E-state index is 0.123. The van der Waals surface area contributed by atoms with Crippen LogP contribution < -0.4 is 4.72 Å². The number of halogens is 3. The molecule has 1 aliphatic heterocycles. The monoisotopic (exact) mass is 400 g/mol. The Morgan fingerprint density at radius 2 is 1.95 bits per heavy atom. The quantitative estimate of drug-likeness (QED) is 0.821. The van der Waals surface area contributed by atoms with Gasteiger partial charge in [-0.1, -0.05) is 0 Å². The number of rotatable bonds is 5. The number of nitrogens with one attached hydrogen (secondary N) is 1. The summed E-state index contributed by atoms with van der Waals surface area (Å²) in [5, 5.41) is 0. The van der Waals surface area contributed by atoms with Crippen molar-refractivity contribution < 1.29 is 17.2 Å². The number of hydrogen-bond acceptors (Lipinski definition) is 4. The third kappa shape index (κ3) is 4.62. The Labute approximate surface area is 135 Å². The molecule has 0 aromatic heterocycles. The highest BCUT2D eigenvalue weighted by molar-refractivity contribution is 9.10. The lowest BCUT2D eigenvalue weighted by Crippen LogP contribution is -2.39. The maximum atomic E-state index is 13.7. The molecule has 0 aliphatic carbocycles. The van der Waals surface area contributed by atoms with Crippen molar-refractivity contribution in [1.29, 1.82) is 0 Å². The molecule has 21 heavy (non-hydrogen) atoms. The highest BCUT2D eigenvalue weighted by Crippen LogP contribution is 2.25. The van der Waals surface area contributed by atoms with E-state index in [1.165, 1.54) is 0 Å². The fourth-order valence-electron chi connectivity index (χ4n) is 2.02. The maximum absolute atomic E-state index is 13.7. The summed E-state index contributed by atoms with van der Waals surface area (Å²) in [5.41, 5.74) is 0. The van der Waals surface area contributed by atoms with Gasteiger partial charge in [-0.15, -0.1) is 0 Å². The van der Waals surface area contributed by atoms with E-state index in [-0.39, 0.29) is 11.0 Å². The minimum Gasteiger partial charge on any atom is -0.300 e. The lowest BCUT2D eigenvalue weighted by atomic mass is 10.3. The molecule has 1 N–H and O–H groups in total.